The Hall–Kier alpha value is -0.830. The van der Waals surface area contributed by atoms with Crippen LogP contribution < -0.4 is 9.47 Å². The van der Waals surface area contributed by atoms with Crippen molar-refractivity contribution in [1.82, 2.24) is 0 Å². The van der Waals surface area contributed by atoms with Crippen molar-refractivity contribution >= 4 is 12.6 Å². The van der Waals surface area contributed by atoms with E-state index in [1.54, 1.807) is 14.2 Å². The molecule has 0 aromatic heterocycles. The lowest BCUT2D eigenvalue weighted by Gasteiger charge is -2.11. The molecule has 1 aromatic carbocycles. The van der Waals surface area contributed by atoms with Crippen LogP contribution in [0.15, 0.2) is 18.2 Å². The van der Waals surface area contributed by atoms with Gasteiger partial charge in [0.05, 0.1) is 14.2 Å². The second-order valence-electron chi connectivity index (χ2n) is 3.23. The summed E-state index contributed by atoms with van der Waals surface area (Å²) in [6, 6.07) is 5.81. The average molecular weight is 212 g/mol. The Kier molecular flexibility index (Phi) is 4.14. The van der Waals surface area contributed by atoms with E-state index in [1.165, 1.54) is 0 Å². The minimum Gasteiger partial charge on any atom is -0.497 e. The molecule has 0 fully saturated rings. The van der Waals surface area contributed by atoms with Crippen LogP contribution in [0.4, 0.5) is 0 Å². The Morgan fingerprint density at radius 2 is 2.00 bits per heavy atom. The van der Waals surface area contributed by atoms with Gasteiger partial charge in [-0.1, -0.05) is 6.92 Å². The van der Waals surface area contributed by atoms with Crippen molar-refractivity contribution in [3.05, 3.63) is 23.8 Å². The van der Waals surface area contributed by atoms with E-state index >= 15 is 0 Å². The predicted octanol–water partition coefficient (Wildman–Crippen LogP) is 2.56. The van der Waals surface area contributed by atoms with Crippen molar-refractivity contribution in [1.29, 1.82) is 0 Å². The summed E-state index contributed by atoms with van der Waals surface area (Å²) in [6.07, 6.45) is 0.878. The molecular formula is C11H16O2S. The van der Waals surface area contributed by atoms with Crippen LogP contribution >= 0.6 is 12.6 Å². The topological polar surface area (TPSA) is 18.5 Å². The van der Waals surface area contributed by atoms with Crippen LogP contribution in [-0.4, -0.2) is 19.5 Å². The molecule has 0 heterocycles. The minimum atomic E-state index is 0.316. The zero-order valence-corrected chi connectivity index (χ0v) is 9.67. The molecule has 1 aromatic rings. The van der Waals surface area contributed by atoms with E-state index in [0.29, 0.717) is 5.25 Å². The molecule has 2 nitrogen and oxygen atoms in total. The van der Waals surface area contributed by atoms with Gasteiger partial charge in [0.1, 0.15) is 11.5 Å². The highest BCUT2D eigenvalue weighted by Crippen LogP contribution is 2.25. The molecule has 0 spiro atoms. The molecule has 1 atom stereocenters. The number of thiol groups is 1. The Bertz CT molecular complexity index is 297. The third-order valence-corrected chi connectivity index (χ3v) is 2.19. The predicted molar refractivity (Wildman–Crippen MR) is 61.7 cm³/mol. The molecule has 0 radical (unpaired) electrons. The van der Waals surface area contributed by atoms with Crippen LogP contribution in [0.3, 0.4) is 0 Å². The monoisotopic (exact) mass is 212 g/mol. The van der Waals surface area contributed by atoms with Crippen molar-refractivity contribution in [2.24, 2.45) is 0 Å². The zero-order valence-electron chi connectivity index (χ0n) is 8.78. The summed E-state index contributed by atoms with van der Waals surface area (Å²) in [7, 11) is 3.34. The first kappa shape index (κ1) is 11.2. The molecule has 0 aliphatic carbocycles. The van der Waals surface area contributed by atoms with Crippen LogP contribution in [0.2, 0.25) is 0 Å². The third-order valence-electron chi connectivity index (χ3n) is 2.00. The Balaban J connectivity index is 2.96. The van der Waals surface area contributed by atoms with E-state index in [-0.39, 0.29) is 0 Å². The maximum Gasteiger partial charge on any atom is 0.122 e. The fourth-order valence-electron chi connectivity index (χ4n) is 1.36. The smallest absolute Gasteiger partial charge is 0.122 e. The molecule has 0 aliphatic rings. The van der Waals surface area contributed by atoms with Crippen molar-refractivity contribution in [2.45, 2.75) is 18.6 Å². The Labute approximate surface area is 90.6 Å². The maximum absolute atomic E-state index is 5.26. The second kappa shape index (κ2) is 5.15. The molecule has 1 unspecified atom stereocenters. The molecule has 1 rings (SSSR count). The maximum atomic E-state index is 5.26. The first-order valence-corrected chi connectivity index (χ1v) is 5.08. The number of hydrogen-bond donors (Lipinski definition) is 1. The van der Waals surface area contributed by atoms with E-state index in [4.69, 9.17) is 9.47 Å². The van der Waals surface area contributed by atoms with Crippen molar-refractivity contribution in [3.63, 3.8) is 0 Å². The van der Waals surface area contributed by atoms with Crippen molar-refractivity contribution in [3.8, 4) is 11.5 Å². The van der Waals surface area contributed by atoms with Gasteiger partial charge in [-0.15, -0.1) is 0 Å². The molecule has 0 N–H and O–H groups in total. The quantitative estimate of drug-likeness (QED) is 0.773. The highest BCUT2D eigenvalue weighted by molar-refractivity contribution is 7.80. The van der Waals surface area contributed by atoms with Crippen LogP contribution in [0, 0.1) is 0 Å². The van der Waals surface area contributed by atoms with Crippen molar-refractivity contribution in [2.75, 3.05) is 14.2 Å². The highest BCUT2D eigenvalue weighted by atomic mass is 32.1. The van der Waals surface area contributed by atoms with Gasteiger partial charge in [0.2, 0.25) is 0 Å². The zero-order chi connectivity index (χ0) is 10.6. The first-order valence-electron chi connectivity index (χ1n) is 4.56. The fourth-order valence-corrected chi connectivity index (χ4v) is 1.56. The van der Waals surface area contributed by atoms with E-state index in [2.05, 4.69) is 19.6 Å². The number of rotatable bonds is 4. The van der Waals surface area contributed by atoms with Gasteiger partial charge < -0.3 is 9.47 Å². The largest absolute Gasteiger partial charge is 0.497 e. The van der Waals surface area contributed by atoms with Gasteiger partial charge in [-0.3, -0.25) is 0 Å². The van der Waals surface area contributed by atoms with Gasteiger partial charge in [0.25, 0.3) is 0 Å². The standard InChI is InChI=1S/C11H16O2S/c1-8(14)6-9-7-10(12-2)4-5-11(9)13-3/h4-5,7-8,14H,6H2,1-3H3. The van der Waals surface area contributed by atoms with Gasteiger partial charge in [0.15, 0.2) is 0 Å². The number of methoxy groups -OCH3 is 2. The number of hydrogen-bond acceptors (Lipinski definition) is 3. The first-order chi connectivity index (χ1) is 6.67. The molecule has 3 heteroatoms. The molecule has 0 saturated carbocycles. The van der Waals surface area contributed by atoms with Crippen LogP contribution in [0.1, 0.15) is 12.5 Å². The lowest BCUT2D eigenvalue weighted by molar-refractivity contribution is 0.398. The lowest BCUT2D eigenvalue weighted by Crippen LogP contribution is -2.00. The summed E-state index contributed by atoms with van der Waals surface area (Å²) in [5.41, 5.74) is 1.13. The van der Waals surface area contributed by atoms with Gasteiger partial charge in [-0.05, 0) is 30.2 Å². The van der Waals surface area contributed by atoms with Crippen LogP contribution in [-0.2, 0) is 6.42 Å². The van der Waals surface area contributed by atoms with Gasteiger partial charge >= 0.3 is 0 Å². The number of ether oxygens (including phenoxy) is 2. The molecule has 14 heavy (non-hydrogen) atoms. The van der Waals surface area contributed by atoms with Crippen LogP contribution in [0.25, 0.3) is 0 Å². The van der Waals surface area contributed by atoms with Gasteiger partial charge in [-0.2, -0.15) is 12.6 Å². The van der Waals surface area contributed by atoms with Crippen LogP contribution in [0.5, 0.6) is 11.5 Å². The van der Waals surface area contributed by atoms with E-state index in [1.807, 2.05) is 18.2 Å². The Morgan fingerprint density at radius 3 is 2.50 bits per heavy atom. The summed E-state index contributed by atoms with van der Waals surface area (Å²) in [5, 5.41) is 0.316. The summed E-state index contributed by atoms with van der Waals surface area (Å²) in [5.74, 6) is 1.75. The second-order valence-corrected chi connectivity index (χ2v) is 4.11. The highest BCUT2D eigenvalue weighted by Gasteiger charge is 2.06. The van der Waals surface area contributed by atoms with E-state index in [9.17, 15) is 0 Å². The van der Waals surface area contributed by atoms with E-state index < -0.39 is 0 Å². The minimum absolute atomic E-state index is 0.316. The van der Waals surface area contributed by atoms with E-state index in [0.717, 1.165) is 23.5 Å². The molecule has 0 bridgehead atoms. The molecule has 0 saturated heterocycles. The summed E-state index contributed by atoms with van der Waals surface area (Å²) in [4.78, 5) is 0. The molecular weight excluding hydrogens is 196 g/mol. The van der Waals surface area contributed by atoms with Gasteiger partial charge in [-0.25, -0.2) is 0 Å². The molecule has 0 aliphatic heterocycles. The van der Waals surface area contributed by atoms with Crippen molar-refractivity contribution < 1.29 is 9.47 Å². The lowest BCUT2D eigenvalue weighted by atomic mass is 10.1. The molecule has 0 amide bonds. The average Bonchev–Trinajstić information content (AvgIpc) is 2.16. The fraction of sp³-hybridized carbons (Fsp3) is 0.455. The summed E-state index contributed by atoms with van der Waals surface area (Å²) in [6.45, 7) is 2.06. The third kappa shape index (κ3) is 2.84. The normalized spacial score (nSPS) is 12.3. The Morgan fingerprint density at radius 1 is 1.29 bits per heavy atom. The SMILES string of the molecule is COc1ccc(OC)c(CC(C)S)c1. The van der Waals surface area contributed by atoms with Gasteiger partial charge in [0, 0.05) is 5.25 Å². The summed E-state index contributed by atoms with van der Waals surface area (Å²) < 4.78 is 10.4. The number of benzene rings is 1. The molecule has 78 valence electrons. The summed E-state index contributed by atoms with van der Waals surface area (Å²) >= 11 is 4.36.